The van der Waals surface area contributed by atoms with Crippen LogP contribution in [0.15, 0.2) is 6.33 Å². The lowest BCUT2D eigenvalue weighted by Gasteiger charge is -2.24. The average Bonchev–Trinajstić information content (AvgIpc) is 2.34. The molecule has 0 spiro atoms. The molecule has 1 unspecified atom stereocenters. The summed E-state index contributed by atoms with van der Waals surface area (Å²) in [6.07, 6.45) is 2.27. The Morgan fingerprint density at radius 3 is 2.67 bits per heavy atom. The maximum atomic E-state index is 11.0. The summed E-state index contributed by atoms with van der Waals surface area (Å²) in [4.78, 5) is 20.1. The molecule has 1 heterocycles. The summed E-state index contributed by atoms with van der Waals surface area (Å²) in [5.74, 6) is 0.642. The molecule has 0 radical (unpaired) electrons. The summed E-state index contributed by atoms with van der Waals surface area (Å²) in [5.41, 5.74) is 5.35. The summed E-state index contributed by atoms with van der Waals surface area (Å²) in [5, 5.41) is 11.0. The van der Waals surface area contributed by atoms with Crippen molar-refractivity contribution >= 4 is 17.3 Å². The smallest absolute Gasteiger partial charge is 0.353 e. The number of rotatable bonds is 6. The van der Waals surface area contributed by atoms with Crippen LogP contribution in [0, 0.1) is 16.0 Å². The van der Waals surface area contributed by atoms with Crippen molar-refractivity contribution in [3.8, 4) is 0 Å². The van der Waals surface area contributed by atoms with E-state index in [0.29, 0.717) is 24.8 Å². The average molecular weight is 253 g/mol. The van der Waals surface area contributed by atoms with Crippen LogP contribution in [0.25, 0.3) is 0 Å². The molecule has 1 atom stereocenters. The zero-order chi connectivity index (χ0) is 13.7. The molecule has 7 nitrogen and oxygen atoms in total. The van der Waals surface area contributed by atoms with Gasteiger partial charge in [-0.3, -0.25) is 10.1 Å². The van der Waals surface area contributed by atoms with E-state index in [1.165, 1.54) is 6.33 Å². The van der Waals surface area contributed by atoms with Gasteiger partial charge in [0.05, 0.1) is 4.92 Å². The number of nitrogens with zero attached hydrogens (tertiary/aromatic N) is 4. The Labute approximate surface area is 106 Å². The van der Waals surface area contributed by atoms with Crippen molar-refractivity contribution in [3.05, 3.63) is 16.4 Å². The molecule has 0 fully saturated rings. The van der Waals surface area contributed by atoms with Gasteiger partial charge in [0, 0.05) is 13.1 Å². The molecule has 100 valence electrons. The zero-order valence-corrected chi connectivity index (χ0v) is 11.0. The minimum absolute atomic E-state index is 0.0902. The number of nitrogens with two attached hydrogens (primary N) is 1. The highest BCUT2D eigenvalue weighted by atomic mass is 16.6. The van der Waals surface area contributed by atoms with E-state index in [0.717, 1.165) is 6.42 Å². The van der Waals surface area contributed by atoms with E-state index in [-0.39, 0.29) is 11.5 Å². The highest BCUT2D eigenvalue weighted by Gasteiger charge is 2.25. The minimum Gasteiger partial charge on any atom is -0.378 e. The van der Waals surface area contributed by atoms with Crippen molar-refractivity contribution < 1.29 is 4.92 Å². The first kappa shape index (κ1) is 14.1. The van der Waals surface area contributed by atoms with Gasteiger partial charge in [0.15, 0.2) is 0 Å². The highest BCUT2D eigenvalue weighted by Crippen LogP contribution is 2.30. The number of nitro groups is 1. The molecule has 0 aliphatic carbocycles. The monoisotopic (exact) mass is 253 g/mol. The van der Waals surface area contributed by atoms with Gasteiger partial charge in [0.2, 0.25) is 11.6 Å². The third-order valence-electron chi connectivity index (χ3n) is 2.92. The van der Waals surface area contributed by atoms with Gasteiger partial charge in [-0.25, -0.2) is 9.97 Å². The van der Waals surface area contributed by atoms with Gasteiger partial charge >= 0.3 is 5.69 Å². The summed E-state index contributed by atoms with van der Waals surface area (Å²) >= 11 is 0. The number of hydrogen-bond acceptors (Lipinski definition) is 6. The third-order valence-corrected chi connectivity index (χ3v) is 2.92. The Hall–Kier alpha value is -1.92. The van der Waals surface area contributed by atoms with Crippen molar-refractivity contribution in [1.29, 1.82) is 0 Å². The topological polar surface area (TPSA) is 98.2 Å². The molecule has 0 saturated carbocycles. The fraction of sp³-hybridized carbons (Fsp3) is 0.636. The fourth-order valence-electron chi connectivity index (χ4n) is 1.66. The van der Waals surface area contributed by atoms with Crippen LogP contribution < -0.4 is 10.6 Å². The van der Waals surface area contributed by atoms with Crippen molar-refractivity contribution in [2.45, 2.75) is 27.2 Å². The molecule has 1 aromatic heterocycles. The van der Waals surface area contributed by atoms with Gasteiger partial charge in [-0.05, 0) is 12.8 Å². The quantitative estimate of drug-likeness (QED) is 0.613. The zero-order valence-electron chi connectivity index (χ0n) is 11.0. The first-order valence-corrected chi connectivity index (χ1v) is 6.01. The largest absolute Gasteiger partial charge is 0.378 e. The Bertz CT molecular complexity index is 424. The van der Waals surface area contributed by atoms with Gasteiger partial charge in [-0.2, -0.15) is 0 Å². The Balaban J connectivity index is 3.13. The van der Waals surface area contributed by atoms with Gasteiger partial charge < -0.3 is 10.6 Å². The predicted molar refractivity (Wildman–Crippen MR) is 70.4 cm³/mol. The summed E-state index contributed by atoms with van der Waals surface area (Å²) in [6, 6.07) is 0. The van der Waals surface area contributed by atoms with Crippen LogP contribution in [-0.4, -0.2) is 28.0 Å². The van der Waals surface area contributed by atoms with Crippen LogP contribution in [0.1, 0.15) is 27.2 Å². The fourth-order valence-corrected chi connectivity index (χ4v) is 1.66. The molecule has 7 heteroatoms. The molecule has 2 N–H and O–H groups in total. The molecule has 0 saturated heterocycles. The summed E-state index contributed by atoms with van der Waals surface area (Å²) in [7, 11) is 0. The van der Waals surface area contributed by atoms with Crippen molar-refractivity contribution in [1.82, 2.24) is 9.97 Å². The summed E-state index contributed by atoms with van der Waals surface area (Å²) in [6.45, 7) is 7.47. The highest BCUT2D eigenvalue weighted by molar-refractivity contribution is 5.68. The van der Waals surface area contributed by atoms with Crippen molar-refractivity contribution in [2.75, 3.05) is 23.7 Å². The second-order valence-electron chi connectivity index (χ2n) is 4.24. The molecule has 0 aromatic carbocycles. The van der Waals surface area contributed by atoms with Gasteiger partial charge in [0.1, 0.15) is 6.33 Å². The van der Waals surface area contributed by atoms with Gasteiger partial charge in [0.25, 0.3) is 0 Å². The van der Waals surface area contributed by atoms with Crippen molar-refractivity contribution in [2.24, 2.45) is 5.92 Å². The van der Waals surface area contributed by atoms with Crippen LogP contribution in [0.3, 0.4) is 0 Å². The second kappa shape index (κ2) is 6.13. The third kappa shape index (κ3) is 3.06. The lowest BCUT2D eigenvalue weighted by atomic mass is 10.1. The molecular weight excluding hydrogens is 234 g/mol. The van der Waals surface area contributed by atoms with Crippen molar-refractivity contribution in [3.63, 3.8) is 0 Å². The Kier molecular flexibility index (Phi) is 4.82. The second-order valence-corrected chi connectivity index (χ2v) is 4.24. The maximum Gasteiger partial charge on any atom is 0.353 e. The Morgan fingerprint density at radius 1 is 1.50 bits per heavy atom. The molecule has 1 rings (SSSR count). The number of hydrogen-bond donors (Lipinski definition) is 1. The molecule has 0 amide bonds. The van der Waals surface area contributed by atoms with E-state index in [4.69, 9.17) is 5.73 Å². The Morgan fingerprint density at radius 2 is 2.17 bits per heavy atom. The first-order valence-electron chi connectivity index (χ1n) is 6.01. The van der Waals surface area contributed by atoms with E-state index in [1.54, 1.807) is 0 Å². The lowest BCUT2D eigenvalue weighted by molar-refractivity contribution is -0.383. The van der Waals surface area contributed by atoms with E-state index in [2.05, 4.69) is 23.8 Å². The van der Waals surface area contributed by atoms with E-state index in [1.807, 2.05) is 11.8 Å². The molecule has 1 aromatic rings. The molecule has 18 heavy (non-hydrogen) atoms. The van der Waals surface area contributed by atoms with Crippen LogP contribution in [0.2, 0.25) is 0 Å². The first-order chi connectivity index (χ1) is 8.51. The number of nitrogen functional groups attached to an aromatic ring is 1. The van der Waals surface area contributed by atoms with Crippen LogP contribution in [0.4, 0.5) is 17.3 Å². The van der Waals surface area contributed by atoms with Gasteiger partial charge in [-0.15, -0.1) is 0 Å². The molecule has 0 aliphatic heterocycles. The van der Waals surface area contributed by atoms with E-state index >= 15 is 0 Å². The summed E-state index contributed by atoms with van der Waals surface area (Å²) < 4.78 is 0. The lowest BCUT2D eigenvalue weighted by Crippen LogP contribution is -2.29. The molecule has 0 aliphatic rings. The van der Waals surface area contributed by atoms with Crippen LogP contribution >= 0.6 is 0 Å². The normalized spacial score (nSPS) is 12.2. The minimum atomic E-state index is -0.524. The van der Waals surface area contributed by atoms with E-state index < -0.39 is 4.92 Å². The molecule has 0 bridgehead atoms. The van der Waals surface area contributed by atoms with Crippen LogP contribution in [0.5, 0.6) is 0 Å². The van der Waals surface area contributed by atoms with E-state index in [9.17, 15) is 10.1 Å². The predicted octanol–water partition coefficient (Wildman–Crippen LogP) is 1.84. The number of aromatic nitrogens is 2. The van der Waals surface area contributed by atoms with Gasteiger partial charge in [-0.1, -0.05) is 20.3 Å². The van der Waals surface area contributed by atoms with Crippen LogP contribution in [-0.2, 0) is 0 Å². The molecular formula is C11H19N5O2. The maximum absolute atomic E-state index is 11.0. The SMILES string of the molecule is CCC(C)CN(CC)c1ncnc(N)c1[N+](=O)[O-]. The number of anilines is 2. The standard InChI is InChI=1S/C11H19N5O2/c1-4-8(3)6-15(5-2)11-9(16(17)18)10(12)13-7-14-11/h7-8H,4-6H2,1-3H3,(H2,12,13,14).